The van der Waals surface area contributed by atoms with Crippen molar-refractivity contribution in [2.24, 2.45) is 10.3 Å². The van der Waals surface area contributed by atoms with Gasteiger partial charge in [-0.15, -0.1) is 4.91 Å². The van der Waals surface area contributed by atoms with Crippen molar-refractivity contribution in [1.29, 1.82) is 0 Å². The first-order valence-electron chi connectivity index (χ1n) is 4.30. The molecule has 88 valence electrons. The molecule has 0 saturated heterocycles. The standard InChI is InChI=1S/C7H10N4O5/c8-11-9-6(12)1-2-15-3-4-16-5-7(13)10-14/h1-5H2. The summed E-state index contributed by atoms with van der Waals surface area (Å²) < 4.78 is 9.62. The van der Waals surface area contributed by atoms with E-state index in [9.17, 15) is 14.5 Å². The molecular weight excluding hydrogens is 220 g/mol. The van der Waals surface area contributed by atoms with Gasteiger partial charge in [-0.1, -0.05) is 0 Å². The van der Waals surface area contributed by atoms with Crippen LogP contribution in [0.4, 0.5) is 0 Å². The molecule has 0 saturated carbocycles. The average Bonchev–Trinajstić information content (AvgIpc) is 2.27. The number of nitrogens with zero attached hydrogens (tertiary/aromatic N) is 4. The van der Waals surface area contributed by atoms with Crippen LogP contribution < -0.4 is 0 Å². The van der Waals surface area contributed by atoms with Crippen molar-refractivity contribution < 1.29 is 19.1 Å². The summed E-state index contributed by atoms with van der Waals surface area (Å²) in [5, 5.41) is 4.95. The minimum absolute atomic E-state index is 0.0150. The summed E-state index contributed by atoms with van der Waals surface area (Å²) in [6, 6.07) is 0. The number of carbonyl (C=O) groups is 2. The van der Waals surface area contributed by atoms with Gasteiger partial charge in [0.05, 0.1) is 19.8 Å². The SMILES string of the molecule is [N-]=[N+]=NC(=O)CCOCCOCC(=O)N=O. The van der Waals surface area contributed by atoms with Crippen molar-refractivity contribution in [1.82, 2.24) is 0 Å². The first-order chi connectivity index (χ1) is 7.70. The van der Waals surface area contributed by atoms with Gasteiger partial charge in [0.15, 0.2) is 0 Å². The summed E-state index contributed by atoms with van der Waals surface area (Å²) >= 11 is 0. The monoisotopic (exact) mass is 230 g/mol. The van der Waals surface area contributed by atoms with Crippen LogP contribution in [0.5, 0.6) is 0 Å². The molecule has 0 spiro atoms. The van der Waals surface area contributed by atoms with Crippen molar-refractivity contribution in [3.8, 4) is 0 Å². The van der Waals surface area contributed by atoms with Crippen molar-refractivity contribution in [2.45, 2.75) is 6.42 Å². The third-order valence-electron chi connectivity index (χ3n) is 1.32. The topological polar surface area (TPSA) is 131 Å². The van der Waals surface area contributed by atoms with E-state index in [1.165, 1.54) is 0 Å². The molecule has 0 aromatic rings. The van der Waals surface area contributed by atoms with E-state index in [4.69, 9.17) is 15.0 Å². The van der Waals surface area contributed by atoms with Crippen molar-refractivity contribution in [3.05, 3.63) is 15.3 Å². The molecule has 2 amide bonds. The van der Waals surface area contributed by atoms with Crippen LogP contribution in [-0.2, 0) is 19.1 Å². The van der Waals surface area contributed by atoms with Crippen LogP contribution in [0.25, 0.3) is 10.4 Å². The van der Waals surface area contributed by atoms with Crippen LogP contribution in [0.2, 0.25) is 0 Å². The minimum Gasteiger partial charge on any atom is -0.379 e. The second kappa shape index (κ2) is 9.71. The molecule has 0 unspecified atom stereocenters. The number of hydrogen-bond donors (Lipinski definition) is 0. The Morgan fingerprint density at radius 3 is 2.44 bits per heavy atom. The van der Waals surface area contributed by atoms with Crippen molar-refractivity contribution in [2.75, 3.05) is 26.4 Å². The van der Waals surface area contributed by atoms with E-state index in [0.29, 0.717) is 0 Å². The zero-order chi connectivity index (χ0) is 12.2. The van der Waals surface area contributed by atoms with Gasteiger partial charge >= 0.3 is 5.91 Å². The second-order valence-corrected chi connectivity index (χ2v) is 2.48. The van der Waals surface area contributed by atoms with E-state index in [1.54, 1.807) is 0 Å². The Kier molecular flexibility index (Phi) is 8.60. The molecule has 0 aliphatic heterocycles. The molecule has 9 heteroatoms. The summed E-state index contributed by atoms with van der Waals surface area (Å²) in [5.74, 6) is -1.50. The van der Waals surface area contributed by atoms with Gasteiger partial charge in [0.1, 0.15) is 6.61 Å². The van der Waals surface area contributed by atoms with Crippen LogP contribution in [-0.4, -0.2) is 38.2 Å². The molecule has 0 aromatic heterocycles. The van der Waals surface area contributed by atoms with Crippen LogP contribution in [0.1, 0.15) is 6.42 Å². The molecule has 0 fully saturated rings. The molecular formula is C7H10N4O5. The maximum atomic E-state index is 10.6. The molecule has 0 atom stereocenters. The average molecular weight is 230 g/mol. The van der Waals surface area contributed by atoms with Gasteiger partial charge in [-0.05, 0) is 10.6 Å². The van der Waals surface area contributed by atoms with Gasteiger partial charge in [0.2, 0.25) is 5.91 Å². The third kappa shape index (κ3) is 8.75. The summed E-state index contributed by atoms with van der Waals surface area (Å²) in [6.45, 7) is -0.0156. The van der Waals surface area contributed by atoms with Gasteiger partial charge in [0, 0.05) is 16.5 Å². The van der Waals surface area contributed by atoms with E-state index in [0.717, 1.165) is 0 Å². The smallest absolute Gasteiger partial charge is 0.311 e. The number of amides is 2. The highest BCUT2D eigenvalue weighted by Gasteiger charge is 2.00. The molecule has 0 aliphatic rings. The van der Waals surface area contributed by atoms with E-state index < -0.39 is 11.8 Å². The molecule has 0 rings (SSSR count). The Hall–Kier alpha value is -1.83. The highest BCUT2D eigenvalue weighted by molar-refractivity contribution is 5.77. The quantitative estimate of drug-likeness (QED) is 0.197. The van der Waals surface area contributed by atoms with E-state index in [2.05, 4.69) is 15.2 Å². The van der Waals surface area contributed by atoms with E-state index >= 15 is 0 Å². The zero-order valence-corrected chi connectivity index (χ0v) is 8.37. The van der Waals surface area contributed by atoms with Crippen LogP contribution in [0.15, 0.2) is 10.3 Å². The zero-order valence-electron chi connectivity index (χ0n) is 8.37. The molecule has 16 heavy (non-hydrogen) atoms. The van der Waals surface area contributed by atoms with Gasteiger partial charge in [-0.25, -0.2) is 0 Å². The number of nitroso groups, excluding NO2 is 1. The molecule has 0 aliphatic carbocycles. The number of azide groups is 1. The normalized spacial score (nSPS) is 9.25. The van der Waals surface area contributed by atoms with E-state index in [-0.39, 0.29) is 32.8 Å². The third-order valence-corrected chi connectivity index (χ3v) is 1.32. The largest absolute Gasteiger partial charge is 0.379 e. The summed E-state index contributed by atoms with van der Waals surface area (Å²) in [6.07, 6.45) is -0.0150. The maximum Gasteiger partial charge on any atom is 0.311 e. The molecule has 0 radical (unpaired) electrons. The lowest BCUT2D eigenvalue weighted by Crippen LogP contribution is -2.11. The van der Waals surface area contributed by atoms with E-state index in [1.807, 2.05) is 0 Å². The fourth-order valence-electron chi connectivity index (χ4n) is 0.665. The summed E-state index contributed by atoms with van der Waals surface area (Å²) in [7, 11) is 0. The molecule has 0 aromatic carbocycles. The van der Waals surface area contributed by atoms with Crippen LogP contribution in [0.3, 0.4) is 0 Å². The fourth-order valence-corrected chi connectivity index (χ4v) is 0.665. The van der Waals surface area contributed by atoms with Crippen molar-refractivity contribution >= 4 is 11.8 Å². The lowest BCUT2D eigenvalue weighted by atomic mass is 10.4. The molecule has 0 heterocycles. The minimum atomic E-state index is -0.890. The molecule has 9 nitrogen and oxygen atoms in total. The predicted octanol–water partition coefficient (Wildman–Crippen LogP) is 0.540. The lowest BCUT2D eigenvalue weighted by molar-refractivity contribution is -0.122. The predicted molar refractivity (Wildman–Crippen MR) is 51.2 cm³/mol. The molecule has 0 N–H and O–H groups in total. The Morgan fingerprint density at radius 1 is 1.12 bits per heavy atom. The van der Waals surface area contributed by atoms with Gasteiger partial charge in [-0.3, -0.25) is 9.59 Å². The summed E-state index contributed by atoms with van der Waals surface area (Å²) in [4.78, 5) is 32.9. The van der Waals surface area contributed by atoms with Crippen LogP contribution in [0, 0.1) is 4.91 Å². The van der Waals surface area contributed by atoms with Crippen LogP contribution >= 0.6 is 0 Å². The first kappa shape index (κ1) is 14.2. The first-order valence-corrected chi connectivity index (χ1v) is 4.30. The maximum absolute atomic E-state index is 10.6. The highest BCUT2D eigenvalue weighted by Crippen LogP contribution is 1.88. The molecule has 0 bridgehead atoms. The van der Waals surface area contributed by atoms with Gasteiger partial charge in [0.25, 0.3) is 0 Å². The second-order valence-electron chi connectivity index (χ2n) is 2.48. The van der Waals surface area contributed by atoms with Gasteiger partial charge < -0.3 is 9.47 Å². The van der Waals surface area contributed by atoms with Crippen molar-refractivity contribution in [3.63, 3.8) is 0 Å². The Balaban J connectivity index is 3.27. The number of carbonyl (C=O) groups excluding carboxylic acids is 2. The Bertz CT molecular complexity index is 299. The number of hydrogen-bond acceptors (Lipinski definition) is 5. The Labute approximate surface area is 90.3 Å². The number of rotatable bonds is 8. The fraction of sp³-hybridized carbons (Fsp3) is 0.714. The Morgan fingerprint density at radius 2 is 1.81 bits per heavy atom. The highest BCUT2D eigenvalue weighted by atomic mass is 16.5. The lowest BCUT2D eigenvalue weighted by Gasteiger charge is -2.02. The van der Waals surface area contributed by atoms with Gasteiger partial charge in [-0.2, -0.15) is 0 Å². The summed E-state index contributed by atoms with van der Waals surface area (Å²) in [5.41, 5.74) is 7.90. The number of ether oxygens (including phenoxy) is 2.